The van der Waals surface area contributed by atoms with Crippen LogP contribution in [-0.4, -0.2) is 0 Å². The molecule has 0 aliphatic heterocycles. The zero-order valence-electron chi connectivity index (χ0n) is 10.3. The fraction of sp³-hybridized carbons (Fsp3) is 0.0667. The Morgan fingerprint density at radius 1 is 1.00 bits per heavy atom. The van der Waals surface area contributed by atoms with Gasteiger partial charge in [-0.2, -0.15) is 0 Å². The summed E-state index contributed by atoms with van der Waals surface area (Å²) in [6, 6.07) is 13.0. The summed E-state index contributed by atoms with van der Waals surface area (Å²) >= 11 is 18.1. The Kier molecular flexibility index (Phi) is 3.79. The second kappa shape index (κ2) is 5.57. The molecule has 0 fully saturated rings. The van der Waals surface area contributed by atoms with E-state index >= 15 is 0 Å². The SMILES string of the molecule is Clc1ccc(NCc2c(Cl)oc3ccccc23)c(Cl)c1. The predicted octanol–water partition coefficient (Wildman–Crippen LogP) is 6.01. The molecular formula is C15H10Cl3NO. The zero-order chi connectivity index (χ0) is 14.1. The Balaban J connectivity index is 1.88. The van der Waals surface area contributed by atoms with E-state index in [1.807, 2.05) is 30.3 Å². The molecule has 0 aliphatic rings. The summed E-state index contributed by atoms with van der Waals surface area (Å²) < 4.78 is 5.51. The number of hydrogen-bond donors (Lipinski definition) is 1. The summed E-state index contributed by atoms with van der Waals surface area (Å²) in [7, 11) is 0. The minimum Gasteiger partial charge on any atom is -0.444 e. The van der Waals surface area contributed by atoms with Crippen molar-refractivity contribution in [2.24, 2.45) is 0 Å². The van der Waals surface area contributed by atoms with E-state index in [0.717, 1.165) is 22.2 Å². The van der Waals surface area contributed by atoms with E-state index in [1.54, 1.807) is 12.1 Å². The number of hydrogen-bond acceptors (Lipinski definition) is 2. The van der Waals surface area contributed by atoms with Gasteiger partial charge in [-0.1, -0.05) is 41.4 Å². The van der Waals surface area contributed by atoms with E-state index in [4.69, 9.17) is 39.2 Å². The molecule has 0 spiro atoms. The Bertz CT molecular complexity index is 767. The Morgan fingerprint density at radius 3 is 2.60 bits per heavy atom. The molecule has 0 saturated heterocycles. The molecular weight excluding hydrogens is 317 g/mol. The number of rotatable bonds is 3. The van der Waals surface area contributed by atoms with E-state index in [-0.39, 0.29) is 0 Å². The van der Waals surface area contributed by atoms with Gasteiger partial charge in [-0.3, -0.25) is 0 Å². The third-order valence-electron chi connectivity index (χ3n) is 3.04. The van der Waals surface area contributed by atoms with Crippen molar-refractivity contribution in [3.8, 4) is 0 Å². The molecule has 5 heteroatoms. The fourth-order valence-corrected chi connectivity index (χ4v) is 2.78. The molecule has 3 aromatic rings. The molecule has 0 amide bonds. The van der Waals surface area contributed by atoms with Gasteiger partial charge in [-0.15, -0.1) is 0 Å². The molecule has 102 valence electrons. The van der Waals surface area contributed by atoms with Gasteiger partial charge in [-0.25, -0.2) is 0 Å². The minimum atomic E-state index is 0.392. The number of para-hydroxylation sites is 1. The van der Waals surface area contributed by atoms with Crippen LogP contribution in [0.15, 0.2) is 46.9 Å². The molecule has 0 unspecified atom stereocenters. The van der Waals surface area contributed by atoms with Gasteiger partial charge in [0.25, 0.3) is 0 Å². The van der Waals surface area contributed by atoms with Gasteiger partial charge in [0.05, 0.1) is 10.7 Å². The van der Waals surface area contributed by atoms with Crippen molar-refractivity contribution in [1.29, 1.82) is 0 Å². The average Bonchev–Trinajstić information content (AvgIpc) is 2.74. The number of furan rings is 1. The lowest BCUT2D eigenvalue weighted by Crippen LogP contribution is -1.99. The first-order chi connectivity index (χ1) is 9.65. The highest BCUT2D eigenvalue weighted by Crippen LogP contribution is 2.31. The van der Waals surface area contributed by atoms with Gasteiger partial charge in [-0.05, 0) is 35.9 Å². The van der Waals surface area contributed by atoms with Crippen LogP contribution in [-0.2, 0) is 6.54 Å². The molecule has 0 bridgehead atoms. The van der Waals surface area contributed by atoms with Crippen molar-refractivity contribution < 1.29 is 4.42 Å². The van der Waals surface area contributed by atoms with Crippen molar-refractivity contribution in [1.82, 2.24) is 0 Å². The van der Waals surface area contributed by atoms with Crippen molar-refractivity contribution >= 4 is 51.5 Å². The Hall–Kier alpha value is -1.35. The highest BCUT2D eigenvalue weighted by Gasteiger charge is 2.12. The van der Waals surface area contributed by atoms with Crippen molar-refractivity contribution in [2.45, 2.75) is 6.54 Å². The number of halogens is 3. The van der Waals surface area contributed by atoms with Crippen LogP contribution in [0.5, 0.6) is 0 Å². The maximum Gasteiger partial charge on any atom is 0.199 e. The number of anilines is 1. The first-order valence-electron chi connectivity index (χ1n) is 6.00. The van der Waals surface area contributed by atoms with E-state index in [2.05, 4.69) is 5.32 Å². The predicted molar refractivity (Wildman–Crippen MR) is 85.0 cm³/mol. The molecule has 2 nitrogen and oxygen atoms in total. The summed E-state index contributed by atoms with van der Waals surface area (Å²) in [4.78, 5) is 0. The van der Waals surface area contributed by atoms with E-state index in [0.29, 0.717) is 21.8 Å². The molecule has 0 aliphatic carbocycles. The van der Waals surface area contributed by atoms with Gasteiger partial charge in [0.1, 0.15) is 5.58 Å². The largest absolute Gasteiger partial charge is 0.444 e. The minimum absolute atomic E-state index is 0.392. The second-order valence-electron chi connectivity index (χ2n) is 4.33. The Morgan fingerprint density at radius 2 is 1.80 bits per heavy atom. The van der Waals surface area contributed by atoms with Gasteiger partial charge >= 0.3 is 0 Å². The molecule has 0 radical (unpaired) electrons. The van der Waals surface area contributed by atoms with Crippen LogP contribution >= 0.6 is 34.8 Å². The molecule has 1 heterocycles. The lowest BCUT2D eigenvalue weighted by Gasteiger charge is -2.08. The number of fused-ring (bicyclic) bond motifs is 1. The molecule has 1 aromatic heterocycles. The maximum atomic E-state index is 6.14. The van der Waals surface area contributed by atoms with E-state index in [1.165, 1.54) is 0 Å². The summed E-state index contributed by atoms with van der Waals surface area (Å²) in [6.07, 6.45) is 0. The van der Waals surface area contributed by atoms with E-state index in [9.17, 15) is 0 Å². The van der Waals surface area contributed by atoms with Crippen molar-refractivity contribution in [3.63, 3.8) is 0 Å². The molecule has 3 rings (SSSR count). The van der Waals surface area contributed by atoms with Gasteiger partial charge in [0, 0.05) is 22.5 Å². The van der Waals surface area contributed by atoms with Crippen LogP contribution < -0.4 is 5.32 Å². The number of benzene rings is 2. The lowest BCUT2D eigenvalue weighted by molar-refractivity contribution is 0.613. The molecule has 0 saturated carbocycles. The summed E-state index contributed by atoms with van der Waals surface area (Å²) in [5.41, 5.74) is 2.49. The van der Waals surface area contributed by atoms with Gasteiger partial charge in [0.2, 0.25) is 0 Å². The second-order valence-corrected chi connectivity index (χ2v) is 5.52. The average molecular weight is 327 g/mol. The van der Waals surface area contributed by atoms with Crippen LogP contribution in [0, 0.1) is 0 Å². The summed E-state index contributed by atoms with van der Waals surface area (Å²) in [6.45, 7) is 0.525. The monoisotopic (exact) mass is 325 g/mol. The van der Waals surface area contributed by atoms with Crippen LogP contribution in [0.1, 0.15) is 5.56 Å². The van der Waals surface area contributed by atoms with Crippen LogP contribution in [0.2, 0.25) is 15.3 Å². The first kappa shape index (κ1) is 13.6. The molecule has 20 heavy (non-hydrogen) atoms. The summed E-state index contributed by atoms with van der Waals surface area (Å²) in [5, 5.41) is 5.80. The standard InChI is InChI=1S/C15H10Cl3NO/c16-9-5-6-13(12(17)7-9)19-8-11-10-3-1-2-4-14(10)20-15(11)18/h1-7,19H,8H2. The third kappa shape index (κ3) is 2.59. The van der Waals surface area contributed by atoms with Gasteiger partial charge in [0.15, 0.2) is 5.22 Å². The molecule has 2 aromatic carbocycles. The fourth-order valence-electron chi connectivity index (χ4n) is 2.05. The number of nitrogens with one attached hydrogen (secondary N) is 1. The Labute approximate surface area is 131 Å². The first-order valence-corrected chi connectivity index (χ1v) is 7.13. The highest BCUT2D eigenvalue weighted by atomic mass is 35.5. The molecule has 0 atom stereocenters. The van der Waals surface area contributed by atoms with Crippen LogP contribution in [0.4, 0.5) is 5.69 Å². The highest BCUT2D eigenvalue weighted by molar-refractivity contribution is 6.36. The quantitative estimate of drug-likeness (QED) is 0.638. The van der Waals surface area contributed by atoms with E-state index < -0.39 is 0 Å². The maximum absolute atomic E-state index is 6.14. The van der Waals surface area contributed by atoms with Crippen LogP contribution in [0.3, 0.4) is 0 Å². The smallest absolute Gasteiger partial charge is 0.199 e. The topological polar surface area (TPSA) is 25.2 Å². The third-order valence-corrected chi connectivity index (χ3v) is 3.89. The lowest BCUT2D eigenvalue weighted by atomic mass is 10.2. The van der Waals surface area contributed by atoms with Crippen LogP contribution in [0.25, 0.3) is 11.0 Å². The molecule has 1 N–H and O–H groups in total. The van der Waals surface area contributed by atoms with Crippen molar-refractivity contribution in [3.05, 3.63) is 63.3 Å². The van der Waals surface area contributed by atoms with Crippen molar-refractivity contribution in [2.75, 3.05) is 5.32 Å². The normalized spacial score (nSPS) is 10.9. The van der Waals surface area contributed by atoms with Gasteiger partial charge < -0.3 is 9.73 Å². The zero-order valence-corrected chi connectivity index (χ0v) is 12.6. The summed E-state index contributed by atoms with van der Waals surface area (Å²) in [5.74, 6) is 0.